The van der Waals surface area contributed by atoms with Gasteiger partial charge in [-0.25, -0.2) is 19.3 Å². The average Bonchev–Trinajstić information content (AvgIpc) is 3.34. The normalized spacial score (nSPS) is 16.3. The van der Waals surface area contributed by atoms with Crippen LogP contribution in [0.15, 0.2) is 37.3 Å². The van der Waals surface area contributed by atoms with Crippen LogP contribution in [0, 0.1) is 5.95 Å². The van der Waals surface area contributed by atoms with E-state index >= 15 is 0 Å². The van der Waals surface area contributed by atoms with Gasteiger partial charge in [0.05, 0.1) is 29.0 Å². The molecule has 29 heavy (non-hydrogen) atoms. The first-order chi connectivity index (χ1) is 13.9. The molecule has 1 N–H and O–H groups in total. The molecule has 0 bridgehead atoms. The molecule has 1 saturated heterocycles. The number of pyridine rings is 2. The van der Waals surface area contributed by atoms with E-state index in [0.29, 0.717) is 36.2 Å². The summed E-state index contributed by atoms with van der Waals surface area (Å²) in [6, 6.07) is 3.63. The first-order valence-electron chi connectivity index (χ1n) is 8.89. The standard InChI is InChI=1S/C19H19F2N5P2S/c1-10(25-13-5-14(27)17(21)22-7-13)16-8-24-19(29-16)11-4-15(28)18(23-6-11)26-3-2-12(20)9-26/h4-8,12,25H,1-3,9,27-28H2. The maximum absolute atomic E-state index is 13.5. The maximum Gasteiger partial charge on any atom is 0.220 e. The van der Waals surface area contributed by atoms with Crippen molar-refractivity contribution in [1.29, 1.82) is 0 Å². The highest BCUT2D eigenvalue weighted by molar-refractivity contribution is 7.28. The smallest absolute Gasteiger partial charge is 0.220 e. The molecule has 3 unspecified atom stereocenters. The molecular weight excluding hydrogens is 430 g/mol. The number of rotatable bonds is 5. The molecule has 0 aliphatic carbocycles. The van der Waals surface area contributed by atoms with Crippen LogP contribution in [0.4, 0.5) is 20.3 Å². The Bertz CT molecular complexity index is 1070. The molecule has 0 aromatic carbocycles. The van der Waals surface area contributed by atoms with Crippen molar-refractivity contribution in [2.24, 2.45) is 0 Å². The van der Waals surface area contributed by atoms with Crippen LogP contribution in [0.25, 0.3) is 16.3 Å². The molecule has 3 atom stereocenters. The van der Waals surface area contributed by atoms with Gasteiger partial charge in [0.1, 0.15) is 17.0 Å². The van der Waals surface area contributed by atoms with Crippen molar-refractivity contribution in [3.05, 3.63) is 48.1 Å². The summed E-state index contributed by atoms with van der Waals surface area (Å²) in [6.07, 6.45) is 4.66. The highest BCUT2D eigenvalue weighted by Gasteiger charge is 2.24. The first-order valence-corrected chi connectivity index (χ1v) is 10.9. The van der Waals surface area contributed by atoms with E-state index in [1.807, 2.05) is 11.0 Å². The SMILES string of the molecule is C=C(Nc1cnc(F)c(P)c1)c1cnc(-c2cnc(N3CCC(F)C3)c(P)c2)s1. The van der Waals surface area contributed by atoms with Crippen LogP contribution in [0.5, 0.6) is 0 Å². The summed E-state index contributed by atoms with van der Waals surface area (Å²) < 4.78 is 26.8. The second-order valence-corrected chi connectivity index (χ2v) is 8.98. The van der Waals surface area contributed by atoms with Gasteiger partial charge in [-0.15, -0.1) is 29.8 Å². The van der Waals surface area contributed by atoms with Crippen molar-refractivity contribution in [1.82, 2.24) is 15.0 Å². The average molecular weight is 449 g/mol. The minimum absolute atomic E-state index is 0.379. The minimum atomic E-state index is -0.792. The van der Waals surface area contributed by atoms with E-state index in [0.717, 1.165) is 26.6 Å². The summed E-state index contributed by atoms with van der Waals surface area (Å²) in [5.74, 6) is 0.269. The van der Waals surface area contributed by atoms with Gasteiger partial charge in [0.2, 0.25) is 5.95 Å². The minimum Gasteiger partial charge on any atom is -0.354 e. The first kappa shape index (κ1) is 20.3. The summed E-state index contributed by atoms with van der Waals surface area (Å²) in [7, 11) is 4.98. The highest BCUT2D eigenvalue weighted by Crippen LogP contribution is 2.30. The lowest BCUT2D eigenvalue weighted by Crippen LogP contribution is -2.25. The zero-order chi connectivity index (χ0) is 20.5. The molecular formula is C19H19F2N5P2S. The Balaban J connectivity index is 1.50. The molecule has 150 valence electrons. The summed E-state index contributed by atoms with van der Waals surface area (Å²) in [6.45, 7) is 5.10. The number of hydrogen-bond donors (Lipinski definition) is 1. The summed E-state index contributed by atoms with van der Waals surface area (Å²) in [5, 5.41) is 5.22. The van der Waals surface area contributed by atoms with E-state index in [9.17, 15) is 8.78 Å². The third kappa shape index (κ3) is 4.45. The van der Waals surface area contributed by atoms with Crippen LogP contribution in [0.3, 0.4) is 0 Å². The summed E-state index contributed by atoms with van der Waals surface area (Å²) in [4.78, 5) is 15.5. The Morgan fingerprint density at radius 1 is 1.17 bits per heavy atom. The van der Waals surface area contributed by atoms with Crippen molar-refractivity contribution < 1.29 is 8.78 Å². The summed E-state index contributed by atoms with van der Waals surface area (Å²) in [5.41, 5.74) is 2.18. The number of aromatic nitrogens is 3. The quantitative estimate of drug-likeness (QED) is 0.478. The van der Waals surface area contributed by atoms with Gasteiger partial charge in [-0.05, 0) is 18.6 Å². The molecule has 1 aliphatic rings. The van der Waals surface area contributed by atoms with Crippen LogP contribution in [0.2, 0.25) is 0 Å². The van der Waals surface area contributed by atoms with Gasteiger partial charge in [-0.3, -0.25) is 0 Å². The lowest BCUT2D eigenvalue weighted by Gasteiger charge is -2.18. The van der Waals surface area contributed by atoms with Gasteiger partial charge in [0, 0.05) is 35.1 Å². The van der Waals surface area contributed by atoms with Gasteiger partial charge in [0.15, 0.2) is 0 Å². The molecule has 0 saturated carbocycles. The van der Waals surface area contributed by atoms with E-state index in [4.69, 9.17) is 0 Å². The Morgan fingerprint density at radius 2 is 2.00 bits per heavy atom. The highest BCUT2D eigenvalue weighted by atomic mass is 32.1. The molecule has 4 rings (SSSR count). The molecule has 4 heterocycles. The zero-order valence-corrected chi connectivity index (χ0v) is 18.5. The molecule has 1 fully saturated rings. The van der Waals surface area contributed by atoms with Crippen molar-refractivity contribution >= 4 is 57.6 Å². The fourth-order valence-electron chi connectivity index (χ4n) is 3.08. The summed E-state index contributed by atoms with van der Waals surface area (Å²) >= 11 is 1.47. The van der Waals surface area contributed by atoms with Crippen molar-refractivity contribution in [3.63, 3.8) is 0 Å². The van der Waals surface area contributed by atoms with Crippen LogP contribution in [0.1, 0.15) is 11.3 Å². The predicted octanol–water partition coefficient (Wildman–Crippen LogP) is 3.37. The lowest BCUT2D eigenvalue weighted by atomic mass is 10.3. The van der Waals surface area contributed by atoms with Crippen molar-refractivity contribution in [3.8, 4) is 10.6 Å². The number of alkyl halides is 1. The number of nitrogens with one attached hydrogen (secondary N) is 1. The van der Waals surface area contributed by atoms with Gasteiger partial charge < -0.3 is 10.2 Å². The number of thiazole rings is 1. The fraction of sp³-hybridized carbons (Fsp3) is 0.211. The molecule has 10 heteroatoms. The van der Waals surface area contributed by atoms with E-state index in [1.54, 1.807) is 18.5 Å². The number of nitrogens with zero attached hydrogens (tertiary/aromatic N) is 4. The van der Waals surface area contributed by atoms with E-state index in [1.165, 1.54) is 17.5 Å². The predicted molar refractivity (Wildman–Crippen MR) is 123 cm³/mol. The number of anilines is 2. The third-order valence-electron chi connectivity index (χ3n) is 4.54. The van der Waals surface area contributed by atoms with Crippen molar-refractivity contribution in [2.45, 2.75) is 12.6 Å². The van der Waals surface area contributed by atoms with Gasteiger partial charge in [-0.2, -0.15) is 4.39 Å². The third-order valence-corrected chi connectivity index (χ3v) is 6.47. The van der Waals surface area contributed by atoms with Crippen LogP contribution < -0.4 is 20.8 Å². The van der Waals surface area contributed by atoms with E-state index < -0.39 is 12.1 Å². The molecule has 1 aliphatic heterocycles. The van der Waals surface area contributed by atoms with Gasteiger partial charge >= 0.3 is 0 Å². The number of hydrogen-bond acceptors (Lipinski definition) is 6. The van der Waals surface area contributed by atoms with Crippen LogP contribution in [-0.2, 0) is 0 Å². The Morgan fingerprint density at radius 3 is 2.69 bits per heavy atom. The monoisotopic (exact) mass is 449 g/mol. The Labute approximate surface area is 176 Å². The van der Waals surface area contributed by atoms with Gasteiger partial charge in [0.25, 0.3) is 0 Å². The fourth-order valence-corrected chi connectivity index (χ4v) is 4.60. The largest absolute Gasteiger partial charge is 0.354 e. The molecule has 3 aromatic rings. The van der Waals surface area contributed by atoms with Crippen LogP contribution in [-0.4, -0.2) is 34.2 Å². The zero-order valence-electron chi connectivity index (χ0n) is 15.4. The lowest BCUT2D eigenvalue weighted by molar-refractivity contribution is 0.364. The Kier molecular flexibility index (Phi) is 5.86. The molecule has 3 aromatic heterocycles. The molecule has 0 radical (unpaired) electrons. The topological polar surface area (TPSA) is 53.9 Å². The van der Waals surface area contributed by atoms with Crippen molar-refractivity contribution in [2.75, 3.05) is 23.3 Å². The second kappa shape index (κ2) is 8.39. The number of halogens is 2. The molecule has 0 amide bonds. The van der Waals surface area contributed by atoms with E-state index in [2.05, 4.69) is 45.3 Å². The Hall–Kier alpha value is -2.01. The molecule has 0 spiro atoms. The van der Waals surface area contributed by atoms with Gasteiger partial charge in [-0.1, -0.05) is 6.58 Å². The second-order valence-electron chi connectivity index (χ2n) is 6.71. The van der Waals surface area contributed by atoms with Crippen LogP contribution >= 0.6 is 29.8 Å². The van der Waals surface area contributed by atoms with E-state index in [-0.39, 0.29) is 0 Å². The molecule has 5 nitrogen and oxygen atoms in total. The maximum atomic E-state index is 13.5.